The molecule has 1 rings (SSSR count). The second kappa shape index (κ2) is 5.22. The highest BCUT2D eigenvalue weighted by atomic mass is 19.4. The number of halogens is 3. The van der Waals surface area contributed by atoms with Gasteiger partial charge in [-0.1, -0.05) is 0 Å². The first-order valence-corrected chi connectivity index (χ1v) is 5.46. The van der Waals surface area contributed by atoms with Crippen molar-refractivity contribution in [2.75, 3.05) is 33.3 Å². The van der Waals surface area contributed by atoms with Crippen LogP contribution in [0.15, 0.2) is 0 Å². The summed E-state index contributed by atoms with van der Waals surface area (Å²) in [6, 6.07) is 0. The van der Waals surface area contributed by atoms with Crippen LogP contribution in [0.2, 0.25) is 0 Å². The third-order valence-electron chi connectivity index (χ3n) is 2.75. The van der Waals surface area contributed by atoms with Crippen LogP contribution >= 0.6 is 0 Å². The molecule has 1 unspecified atom stereocenters. The van der Waals surface area contributed by atoms with Gasteiger partial charge in [0.15, 0.2) is 0 Å². The van der Waals surface area contributed by atoms with Crippen molar-refractivity contribution in [2.45, 2.75) is 25.1 Å². The molecule has 0 saturated carbocycles. The zero-order chi connectivity index (χ0) is 13.1. The molecule has 1 heterocycles. The van der Waals surface area contributed by atoms with E-state index in [0.29, 0.717) is 13.0 Å². The fourth-order valence-electron chi connectivity index (χ4n) is 1.92. The molecule has 1 aliphatic heterocycles. The highest BCUT2D eigenvalue weighted by Gasteiger charge is 2.46. The maximum absolute atomic E-state index is 12.2. The number of esters is 1. The highest BCUT2D eigenvalue weighted by molar-refractivity contribution is 5.81. The van der Waals surface area contributed by atoms with Gasteiger partial charge in [0.1, 0.15) is 5.54 Å². The number of alkyl halides is 3. The molecule has 17 heavy (non-hydrogen) atoms. The van der Waals surface area contributed by atoms with Crippen molar-refractivity contribution < 1.29 is 22.7 Å². The fourth-order valence-corrected chi connectivity index (χ4v) is 1.92. The maximum Gasteiger partial charge on any atom is 0.401 e. The number of hydrogen-bond donors (Lipinski definition) is 1. The number of nitrogens with one attached hydrogen (secondary N) is 1. The third kappa shape index (κ3) is 3.85. The van der Waals surface area contributed by atoms with E-state index in [1.54, 1.807) is 18.9 Å². The van der Waals surface area contributed by atoms with Gasteiger partial charge in [-0.3, -0.25) is 5.32 Å². The van der Waals surface area contributed by atoms with Gasteiger partial charge in [-0.25, -0.2) is 4.79 Å². The Balaban J connectivity index is 2.70. The van der Waals surface area contributed by atoms with Crippen molar-refractivity contribution in [1.29, 1.82) is 0 Å². The molecule has 1 saturated heterocycles. The summed E-state index contributed by atoms with van der Waals surface area (Å²) < 4.78 is 41.4. The molecule has 1 N–H and O–H groups in total. The monoisotopic (exact) mass is 254 g/mol. The van der Waals surface area contributed by atoms with E-state index < -0.39 is 24.2 Å². The largest absolute Gasteiger partial charge is 0.465 e. The predicted octanol–water partition coefficient (Wildman–Crippen LogP) is 0.776. The molecule has 0 aromatic rings. The van der Waals surface area contributed by atoms with E-state index in [1.165, 1.54) is 0 Å². The topological polar surface area (TPSA) is 41.6 Å². The van der Waals surface area contributed by atoms with Crippen LogP contribution in [-0.4, -0.2) is 55.9 Å². The molecule has 7 heteroatoms. The van der Waals surface area contributed by atoms with Gasteiger partial charge in [0.05, 0.1) is 13.2 Å². The van der Waals surface area contributed by atoms with Crippen molar-refractivity contribution in [3.8, 4) is 0 Å². The summed E-state index contributed by atoms with van der Waals surface area (Å²) in [7, 11) is 1.76. The smallest absolute Gasteiger partial charge is 0.401 e. The number of likely N-dealkylation sites (tertiary alicyclic amines) is 1. The van der Waals surface area contributed by atoms with Gasteiger partial charge in [-0.05, 0) is 20.4 Å². The minimum atomic E-state index is -4.33. The Kier molecular flexibility index (Phi) is 4.37. The predicted molar refractivity (Wildman–Crippen MR) is 55.5 cm³/mol. The first-order chi connectivity index (χ1) is 7.79. The second-order valence-corrected chi connectivity index (χ2v) is 4.26. The van der Waals surface area contributed by atoms with Crippen LogP contribution in [0.3, 0.4) is 0 Å². The molecule has 0 spiro atoms. The first-order valence-electron chi connectivity index (χ1n) is 5.46. The zero-order valence-electron chi connectivity index (χ0n) is 9.93. The Morgan fingerprint density at radius 3 is 2.59 bits per heavy atom. The Morgan fingerprint density at radius 1 is 1.53 bits per heavy atom. The number of carbonyl (C=O) groups excluding carboxylic acids is 1. The van der Waals surface area contributed by atoms with E-state index in [0.717, 1.165) is 0 Å². The maximum atomic E-state index is 12.2. The molecular weight excluding hydrogens is 237 g/mol. The van der Waals surface area contributed by atoms with Gasteiger partial charge in [0.2, 0.25) is 0 Å². The lowest BCUT2D eigenvalue weighted by Gasteiger charge is -2.28. The van der Waals surface area contributed by atoms with Crippen LogP contribution in [0.1, 0.15) is 13.3 Å². The van der Waals surface area contributed by atoms with E-state index in [-0.39, 0.29) is 13.2 Å². The number of hydrogen-bond acceptors (Lipinski definition) is 4. The summed E-state index contributed by atoms with van der Waals surface area (Å²) in [5.74, 6) is -0.603. The Hall–Kier alpha value is -0.820. The summed E-state index contributed by atoms with van der Waals surface area (Å²) in [6.45, 7) is 1.43. The molecule has 0 aliphatic carbocycles. The third-order valence-corrected chi connectivity index (χ3v) is 2.75. The lowest BCUT2D eigenvalue weighted by Crippen LogP contribution is -2.57. The molecule has 0 radical (unpaired) electrons. The molecule has 100 valence electrons. The lowest BCUT2D eigenvalue weighted by molar-refractivity contribution is -0.155. The van der Waals surface area contributed by atoms with E-state index in [1.807, 2.05) is 0 Å². The molecule has 0 bridgehead atoms. The molecule has 0 aromatic heterocycles. The molecule has 1 fully saturated rings. The molecule has 0 aromatic carbocycles. The molecule has 1 aliphatic rings. The van der Waals surface area contributed by atoms with Gasteiger partial charge < -0.3 is 9.64 Å². The molecule has 4 nitrogen and oxygen atoms in total. The normalized spacial score (nSPS) is 26.2. The van der Waals surface area contributed by atoms with Crippen molar-refractivity contribution in [3.63, 3.8) is 0 Å². The first kappa shape index (κ1) is 14.2. The van der Waals surface area contributed by atoms with Gasteiger partial charge in [-0.15, -0.1) is 0 Å². The van der Waals surface area contributed by atoms with Crippen LogP contribution in [0.25, 0.3) is 0 Å². The Morgan fingerprint density at radius 2 is 2.18 bits per heavy atom. The van der Waals surface area contributed by atoms with E-state index in [2.05, 4.69) is 5.32 Å². The molecule has 1 atom stereocenters. The standard InChI is InChI=1S/C10H17F3N2O2/c1-3-17-8(16)9(4-5-15(2)7-9)14-6-10(11,12)13/h14H,3-7H2,1-2H3. The lowest BCUT2D eigenvalue weighted by atomic mass is 9.99. The highest BCUT2D eigenvalue weighted by Crippen LogP contribution is 2.24. The minimum absolute atomic E-state index is 0.165. The number of likely N-dealkylation sites (N-methyl/N-ethyl adjacent to an activating group) is 1. The van der Waals surface area contributed by atoms with Gasteiger partial charge >= 0.3 is 12.1 Å². The van der Waals surface area contributed by atoms with Crippen molar-refractivity contribution >= 4 is 5.97 Å². The minimum Gasteiger partial charge on any atom is -0.465 e. The van der Waals surface area contributed by atoms with Crippen LogP contribution in [0.5, 0.6) is 0 Å². The van der Waals surface area contributed by atoms with Crippen LogP contribution in [0.4, 0.5) is 13.2 Å². The molecule has 0 amide bonds. The number of rotatable bonds is 4. The van der Waals surface area contributed by atoms with Crippen molar-refractivity contribution in [1.82, 2.24) is 10.2 Å². The fraction of sp³-hybridized carbons (Fsp3) is 0.900. The van der Waals surface area contributed by atoms with E-state index >= 15 is 0 Å². The summed E-state index contributed by atoms with van der Waals surface area (Å²) >= 11 is 0. The second-order valence-electron chi connectivity index (χ2n) is 4.26. The van der Waals surface area contributed by atoms with Crippen molar-refractivity contribution in [2.24, 2.45) is 0 Å². The summed E-state index contributed by atoms with van der Waals surface area (Å²) in [5.41, 5.74) is -1.22. The van der Waals surface area contributed by atoms with Crippen LogP contribution in [-0.2, 0) is 9.53 Å². The SMILES string of the molecule is CCOC(=O)C1(NCC(F)(F)F)CCN(C)C1. The Bertz CT molecular complexity index is 283. The summed E-state index contributed by atoms with van der Waals surface area (Å²) in [6.07, 6.45) is -4.00. The Labute approximate surface area is 98.1 Å². The summed E-state index contributed by atoms with van der Waals surface area (Å²) in [5, 5.41) is 2.31. The average Bonchev–Trinajstić information content (AvgIpc) is 2.58. The van der Waals surface area contributed by atoms with Crippen LogP contribution < -0.4 is 5.32 Å². The van der Waals surface area contributed by atoms with Gasteiger partial charge in [-0.2, -0.15) is 13.2 Å². The number of nitrogens with zero attached hydrogens (tertiary/aromatic N) is 1. The average molecular weight is 254 g/mol. The quantitative estimate of drug-likeness (QED) is 0.753. The van der Waals surface area contributed by atoms with Gasteiger partial charge in [0.25, 0.3) is 0 Å². The number of carbonyl (C=O) groups is 1. The zero-order valence-corrected chi connectivity index (χ0v) is 9.93. The number of ether oxygens (including phenoxy) is 1. The summed E-state index contributed by atoms with van der Waals surface area (Å²) in [4.78, 5) is 13.6. The van der Waals surface area contributed by atoms with Crippen molar-refractivity contribution in [3.05, 3.63) is 0 Å². The van der Waals surface area contributed by atoms with Crippen LogP contribution in [0, 0.1) is 0 Å². The van der Waals surface area contributed by atoms with Gasteiger partial charge in [0, 0.05) is 13.1 Å². The molecular formula is C10H17F3N2O2. The van der Waals surface area contributed by atoms with E-state index in [9.17, 15) is 18.0 Å². The van der Waals surface area contributed by atoms with E-state index in [4.69, 9.17) is 4.74 Å².